The summed E-state index contributed by atoms with van der Waals surface area (Å²) >= 11 is 0. The second kappa shape index (κ2) is 11.6. The number of H-pyrrole nitrogens is 1. The SMILES string of the molecule is CC(C)n1cc(C(=O)Nc2ccc(Oc3ccnc4[nH]nc(NC5(CO)CCC5)c34)c(F)c2)c(=O)n(-c2ccc(F)cc2)c1=O. The first-order valence-corrected chi connectivity index (χ1v) is 14.2. The molecule has 3 heterocycles. The van der Waals surface area contributed by atoms with E-state index >= 15 is 4.39 Å². The number of aliphatic hydroxyl groups excluding tert-OH is 1. The summed E-state index contributed by atoms with van der Waals surface area (Å²) in [4.78, 5) is 43.9. The van der Waals surface area contributed by atoms with E-state index in [-0.39, 0.29) is 35.0 Å². The van der Waals surface area contributed by atoms with Crippen LogP contribution in [0.25, 0.3) is 16.7 Å². The molecule has 5 aromatic rings. The van der Waals surface area contributed by atoms with Crippen molar-refractivity contribution in [2.75, 3.05) is 17.2 Å². The van der Waals surface area contributed by atoms with Crippen molar-refractivity contribution in [3.05, 3.63) is 99.0 Å². The molecule has 45 heavy (non-hydrogen) atoms. The summed E-state index contributed by atoms with van der Waals surface area (Å²) in [7, 11) is 0. The van der Waals surface area contributed by atoms with Gasteiger partial charge in [-0.15, -0.1) is 0 Å². The topological polar surface area (TPSA) is 156 Å². The molecular weight excluding hydrogens is 588 g/mol. The third kappa shape index (κ3) is 5.55. The van der Waals surface area contributed by atoms with Crippen molar-refractivity contribution >= 4 is 28.4 Å². The summed E-state index contributed by atoms with van der Waals surface area (Å²) in [5.74, 6) is -1.72. The molecule has 1 saturated carbocycles. The molecule has 3 aromatic heterocycles. The Balaban J connectivity index is 1.27. The van der Waals surface area contributed by atoms with Crippen molar-refractivity contribution < 1.29 is 23.4 Å². The van der Waals surface area contributed by atoms with Crippen molar-refractivity contribution in [1.29, 1.82) is 0 Å². The third-order valence-electron chi connectivity index (χ3n) is 7.83. The van der Waals surface area contributed by atoms with Gasteiger partial charge >= 0.3 is 5.69 Å². The van der Waals surface area contributed by atoms with Crippen LogP contribution in [0, 0.1) is 11.6 Å². The van der Waals surface area contributed by atoms with Gasteiger partial charge in [0, 0.05) is 36.3 Å². The number of carbonyl (C=O) groups excluding carboxylic acids is 1. The number of nitrogens with one attached hydrogen (secondary N) is 3. The lowest BCUT2D eigenvalue weighted by atomic mass is 9.77. The first-order chi connectivity index (χ1) is 21.6. The van der Waals surface area contributed by atoms with Crippen LogP contribution in [-0.2, 0) is 0 Å². The molecule has 4 N–H and O–H groups in total. The van der Waals surface area contributed by atoms with Crippen LogP contribution in [0.2, 0.25) is 0 Å². The number of aromatic nitrogens is 5. The molecule has 2 aromatic carbocycles. The lowest BCUT2D eigenvalue weighted by Crippen LogP contribution is -2.48. The maximum absolute atomic E-state index is 15.3. The second-order valence-corrected chi connectivity index (χ2v) is 11.2. The van der Waals surface area contributed by atoms with Gasteiger partial charge in [-0.2, -0.15) is 5.10 Å². The Bertz CT molecular complexity index is 2030. The molecule has 12 nitrogen and oxygen atoms in total. The Morgan fingerprint density at radius 3 is 2.51 bits per heavy atom. The van der Waals surface area contributed by atoms with E-state index in [0.29, 0.717) is 16.9 Å². The van der Waals surface area contributed by atoms with Gasteiger partial charge in [-0.3, -0.25) is 19.3 Å². The number of benzene rings is 2. The van der Waals surface area contributed by atoms with E-state index in [1.165, 1.54) is 35.0 Å². The molecule has 0 unspecified atom stereocenters. The van der Waals surface area contributed by atoms with Crippen LogP contribution in [0.15, 0.2) is 70.5 Å². The van der Waals surface area contributed by atoms with Crippen molar-refractivity contribution in [2.24, 2.45) is 0 Å². The molecule has 0 spiro atoms. The summed E-state index contributed by atoms with van der Waals surface area (Å²) in [6.45, 7) is 3.33. The molecule has 0 saturated heterocycles. The van der Waals surface area contributed by atoms with E-state index in [1.54, 1.807) is 19.9 Å². The molecule has 232 valence electrons. The first kappa shape index (κ1) is 29.7. The van der Waals surface area contributed by atoms with E-state index in [0.717, 1.165) is 48.2 Å². The molecule has 0 bridgehead atoms. The number of carbonyl (C=O) groups is 1. The van der Waals surface area contributed by atoms with Crippen LogP contribution in [0.3, 0.4) is 0 Å². The fourth-order valence-corrected chi connectivity index (χ4v) is 5.17. The summed E-state index contributed by atoms with van der Waals surface area (Å²) in [6.07, 6.45) is 5.14. The largest absolute Gasteiger partial charge is 0.453 e. The third-order valence-corrected chi connectivity index (χ3v) is 7.83. The molecular formula is C31H29F2N7O5. The number of halogens is 2. The normalized spacial score (nSPS) is 13.9. The Hall–Kier alpha value is -5.37. The van der Waals surface area contributed by atoms with Crippen molar-refractivity contribution in [3.8, 4) is 17.2 Å². The van der Waals surface area contributed by atoms with E-state index < -0.39 is 40.4 Å². The lowest BCUT2D eigenvalue weighted by Gasteiger charge is -2.41. The Labute approximate surface area is 254 Å². The van der Waals surface area contributed by atoms with Crippen molar-refractivity contribution in [3.63, 3.8) is 0 Å². The number of amides is 1. The molecule has 0 aliphatic heterocycles. The van der Waals surface area contributed by atoms with Gasteiger partial charge in [0.05, 0.1) is 17.8 Å². The summed E-state index contributed by atoms with van der Waals surface area (Å²) in [6, 6.07) is 9.60. The van der Waals surface area contributed by atoms with E-state index in [2.05, 4.69) is 25.8 Å². The van der Waals surface area contributed by atoms with Crippen LogP contribution in [0.4, 0.5) is 20.3 Å². The van der Waals surface area contributed by atoms with Gasteiger partial charge in [-0.25, -0.2) is 23.1 Å². The number of fused-ring (bicyclic) bond motifs is 1. The highest BCUT2D eigenvalue weighted by Crippen LogP contribution is 2.39. The lowest BCUT2D eigenvalue weighted by molar-refractivity contribution is 0.102. The van der Waals surface area contributed by atoms with Gasteiger partial charge in [-0.05, 0) is 69.5 Å². The van der Waals surface area contributed by atoms with Crippen molar-refractivity contribution in [2.45, 2.75) is 44.7 Å². The molecule has 0 radical (unpaired) electrons. The van der Waals surface area contributed by atoms with Gasteiger partial charge in [-0.1, -0.05) is 0 Å². The molecule has 14 heteroatoms. The van der Waals surface area contributed by atoms with Gasteiger partial charge in [0.15, 0.2) is 23.0 Å². The quantitative estimate of drug-likeness (QED) is 0.188. The fraction of sp³-hybridized carbons (Fsp3) is 0.258. The van der Waals surface area contributed by atoms with Gasteiger partial charge in [0.2, 0.25) is 0 Å². The maximum Gasteiger partial charge on any atom is 0.335 e. The summed E-state index contributed by atoms with van der Waals surface area (Å²) < 4.78 is 36.7. The minimum atomic E-state index is -0.919. The number of ether oxygens (including phenoxy) is 1. The fourth-order valence-electron chi connectivity index (χ4n) is 5.17. The van der Waals surface area contributed by atoms with Crippen LogP contribution in [0.5, 0.6) is 11.5 Å². The van der Waals surface area contributed by atoms with Crippen LogP contribution < -0.4 is 26.6 Å². The number of anilines is 2. The van der Waals surface area contributed by atoms with Gasteiger partial charge in [0.1, 0.15) is 22.5 Å². The number of aromatic amines is 1. The zero-order valence-corrected chi connectivity index (χ0v) is 24.3. The van der Waals surface area contributed by atoms with Crippen LogP contribution in [-0.4, -0.2) is 47.5 Å². The predicted molar refractivity (Wildman–Crippen MR) is 162 cm³/mol. The van der Waals surface area contributed by atoms with Gasteiger partial charge in [0.25, 0.3) is 11.5 Å². The van der Waals surface area contributed by atoms with E-state index in [9.17, 15) is 23.9 Å². The van der Waals surface area contributed by atoms with E-state index in [1.807, 2.05) is 0 Å². The molecule has 0 atom stereocenters. The Morgan fingerprint density at radius 1 is 1.11 bits per heavy atom. The zero-order chi connectivity index (χ0) is 31.9. The number of hydrogen-bond donors (Lipinski definition) is 4. The number of rotatable bonds is 9. The second-order valence-electron chi connectivity index (χ2n) is 11.2. The minimum absolute atomic E-state index is 0.0280. The Kier molecular flexibility index (Phi) is 7.66. The number of aliphatic hydroxyl groups is 1. The highest BCUT2D eigenvalue weighted by atomic mass is 19.1. The summed E-state index contributed by atoms with van der Waals surface area (Å²) in [5.41, 5.74) is -1.97. The molecule has 1 amide bonds. The predicted octanol–water partition coefficient (Wildman–Crippen LogP) is 4.50. The number of nitrogens with zero attached hydrogens (tertiary/aromatic N) is 4. The average molecular weight is 618 g/mol. The highest BCUT2D eigenvalue weighted by molar-refractivity contribution is 6.04. The van der Waals surface area contributed by atoms with Crippen molar-refractivity contribution in [1.82, 2.24) is 24.3 Å². The number of hydrogen-bond acceptors (Lipinski definition) is 8. The molecule has 1 aliphatic carbocycles. The monoisotopic (exact) mass is 617 g/mol. The number of pyridine rings is 1. The zero-order valence-electron chi connectivity index (χ0n) is 24.3. The molecule has 1 aliphatic rings. The first-order valence-electron chi connectivity index (χ1n) is 14.2. The standard InChI is InChI=1S/C31H29F2N7O5/c1-17(2)39-15-21(29(43)40(30(39)44)20-7-4-18(32)5-8-20)28(42)35-19-6-9-23(22(33)14-19)45-24-10-13-34-26-25(24)27(38-37-26)36-31(16-41)11-3-12-31/h4-10,13-15,17,41H,3,11-12,16H2,1-2H3,(H,35,42)(H2,34,36,37,38). The maximum atomic E-state index is 15.3. The molecule has 1 fully saturated rings. The highest BCUT2D eigenvalue weighted by Gasteiger charge is 2.37. The minimum Gasteiger partial charge on any atom is -0.453 e. The van der Waals surface area contributed by atoms with E-state index in [4.69, 9.17) is 4.74 Å². The summed E-state index contributed by atoms with van der Waals surface area (Å²) in [5, 5.41) is 23.2. The van der Waals surface area contributed by atoms with Crippen LogP contribution >= 0.6 is 0 Å². The Morgan fingerprint density at radius 2 is 1.87 bits per heavy atom. The van der Waals surface area contributed by atoms with Crippen LogP contribution in [0.1, 0.15) is 49.5 Å². The average Bonchev–Trinajstić information content (AvgIpc) is 3.40. The van der Waals surface area contributed by atoms with Gasteiger partial charge < -0.3 is 20.5 Å². The smallest absolute Gasteiger partial charge is 0.335 e. The molecule has 6 rings (SSSR count).